The number of carbonyl (C=O) groups is 5. The molecule has 0 fully saturated rings. The maximum atomic E-state index is 13.3. The highest BCUT2D eigenvalue weighted by Crippen LogP contribution is 2.16. The molecule has 1 rings (SSSR count). The molecule has 0 aliphatic rings. The predicted molar refractivity (Wildman–Crippen MR) is 147 cm³/mol. The number of ether oxygens (including phenoxy) is 2. The number of carboxylic acid groups (broad SMARTS) is 2. The first kappa shape index (κ1) is 34.2. The number of nitrogens with one attached hydrogen (secondary N) is 3. The summed E-state index contributed by atoms with van der Waals surface area (Å²) in [6, 6.07) is 3.94. The van der Waals surface area contributed by atoms with E-state index in [4.69, 9.17) is 19.7 Å². The van der Waals surface area contributed by atoms with Gasteiger partial charge in [-0.15, -0.1) is 0 Å². The number of amides is 3. The third-order valence-corrected chi connectivity index (χ3v) is 5.49. The zero-order chi connectivity index (χ0) is 30.5. The van der Waals surface area contributed by atoms with Crippen LogP contribution in [0.25, 0.3) is 0 Å². The van der Waals surface area contributed by atoms with Crippen molar-refractivity contribution in [3.8, 4) is 5.75 Å². The summed E-state index contributed by atoms with van der Waals surface area (Å²) in [5.74, 6) is -4.16. The molecule has 12 heteroatoms. The summed E-state index contributed by atoms with van der Waals surface area (Å²) in [5.41, 5.74) is -0.154. The molecule has 0 aliphatic heterocycles. The highest BCUT2D eigenvalue weighted by Gasteiger charge is 2.30. The molecular formula is C28H43N3O9. The zero-order valence-electron chi connectivity index (χ0n) is 24.1. The van der Waals surface area contributed by atoms with E-state index in [-0.39, 0.29) is 18.1 Å². The van der Waals surface area contributed by atoms with Crippen molar-refractivity contribution in [2.24, 2.45) is 5.92 Å². The predicted octanol–water partition coefficient (Wildman–Crippen LogP) is 2.88. The Morgan fingerprint density at radius 1 is 0.875 bits per heavy atom. The van der Waals surface area contributed by atoms with Gasteiger partial charge in [0.1, 0.15) is 23.4 Å². The Morgan fingerprint density at radius 3 is 1.98 bits per heavy atom. The second kappa shape index (κ2) is 16.3. The van der Waals surface area contributed by atoms with E-state index in [0.717, 1.165) is 19.3 Å². The smallest absolute Gasteiger partial charge is 0.408 e. The number of aliphatic carboxylic acids is 2. The fourth-order valence-corrected chi connectivity index (χ4v) is 3.63. The minimum atomic E-state index is -2.07. The number of hydrogen-bond acceptors (Lipinski definition) is 7. The van der Waals surface area contributed by atoms with Crippen LogP contribution in [0.5, 0.6) is 5.75 Å². The third kappa shape index (κ3) is 13.3. The highest BCUT2D eigenvalue weighted by molar-refractivity contribution is 5.96. The number of unbranched alkanes of at least 4 members (excludes halogenated alkanes) is 2. The van der Waals surface area contributed by atoms with Crippen LogP contribution in [0.2, 0.25) is 0 Å². The SMILES string of the molecule is CCCCCNC(=O)[C@H](Cc1ccc(OC(C(=O)O)C(=O)O)cc1)NC(=O)[C@H](CC(C)C)NC(=O)OC(C)(C)C. The van der Waals surface area contributed by atoms with Crippen molar-refractivity contribution in [3.05, 3.63) is 29.8 Å². The van der Waals surface area contributed by atoms with Gasteiger partial charge in [0.25, 0.3) is 6.10 Å². The number of carboxylic acids is 2. The molecule has 0 aromatic heterocycles. The molecule has 1 aromatic carbocycles. The Kier molecular flexibility index (Phi) is 13.9. The van der Waals surface area contributed by atoms with Gasteiger partial charge >= 0.3 is 18.0 Å². The summed E-state index contributed by atoms with van der Waals surface area (Å²) in [4.78, 5) is 60.9. The van der Waals surface area contributed by atoms with Crippen molar-refractivity contribution in [1.82, 2.24) is 16.0 Å². The summed E-state index contributed by atoms with van der Waals surface area (Å²) in [6.45, 7) is 11.4. The summed E-state index contributed by atoms with van der Waals surface area (Å²) >= 11 is 0. The van der Waals surface area contributed by atoms with Crippen LogP contribution in [0.4, 0.5) is 4.79 Å². The third-order valence-electron chi connectivity index (χ3n) is 5.49. The molecule has 224 valence electrons. The van der Waals surface area contributed by atoms with Crippen LogP contribution in [-0.4, -0.2) is 70.4 Å². The number of rotatable bonds is 16. The lowest BCUT2D eigenvalue weighted by Gasteiger charge is -2.26. The molecule has 0 saturated heterocycles. The second-order valence-corrected chi connectivity index (χ2v) is 10.9. The number of benzene rings is 1. The average Bonchev–Trinajstić information content (AvgIpc) is 2.83. The van der Waals surface area contributed by atoms with Crippen LogP contribution in [0.1, 0.15) is 72.8 Å². The van der Waals surface area contributed by atoms with Crippen molar-refractivity contribution < 1.29 is 43.7 Å². The lowest BCUT2D eigenvalue weighted by molar-refractivity contribution is -0.159. The van der Waals surface area contributed by atoms with Gasteiger partial charge in [-0.3, -0.25) is 9.59 Å². The summed E-state index contributed by atoms with van der Waals surface area (Å²) in [5, 5.41) is 26.2. The van der Waals surface area contributed by atoms with Gasteiger partial charge < -0.3 is 35.6 Å². The maximum absolute atomic E-state index is 13.3. The normalized spacial score (nSPS) is 12.8. The Morgan fingerprint density at radius 2 is 1.48 bits per heavy atom. The molecule has 0 radical (unpaired) electrons. The van der Waals surface area contributed by atoms with Crippen LogP contribution >= 0.6 is 0 Å². The molecule has 0 unspecified atom stereocenters. The van der Waals surface area contributed by atoms with Crippen molar-refractivity contribution in [1.29, 1.82) is 0 Å². The van der Waals surface area contributed by atoms with E-state index in [1.165, 1.54) is 12.1 Å². The quantitative estimate of drug-likeness (QED) is 0.149. The van der Waals surface area contributed by atoms with E-state index >= 15 is 0 Å². The van der Waals surface area contributed by atoms with Crippen molar-refractivity contribution in [3.63, 3.8) is 0 Å². The largest absolute Gasteiger partial charge is 0.478 e. The fourth-order valence-electron chi connectivity index (χ4n) is 3.63. The molecule has 1 aromatic rings. The molecule has 12 nitrogen and oxygen atoms in total. The maximum Gasteiger partial charge on any atom is 0.408 e. The molecule has 0 heterocycles. The number of hydrogen-bond donors (Lipinski definition) is 5. The summed E-state index contributed by atoms with van der Waals surface area (Å²) in [6.07, 6.45) is 0.265. The molecule has 0 aliphatic carbocycles. The van der Waals surface area contributed by atoms with E-state index in [9.17, 15) is 24.0 Å². The molecule has 40 heavy (non-hydrogen) atoms. The van der Waals surface area contributed by atoms with Gasteiger partial charge in [-0.25, -0.2) is 14.4 Å². The monoisotopic (exact) mass is 565 g/mol. The van der Waals surface area contributed by atoms with Crippen LogP contribution in [0.15, 0.2) is 24.3 Å². The Balaban J connectivity index is 3.09. The van der Waals surface area contributed by atoms with Crippen LogP contribution in [0, 0.1) is 5.92 Å². The molecule has 0 spiro atoms. The average molecular weight is 566 g/mol. The Bertz CT molecular complexity index is 989. The van der Waals surface area contributed by atoms with Crippen molar-refractivity contribution in [2.45, 2.75) is 97.4 Å². The second-order valence-electron chi connectivity index (χ2n) is 10.9. The molecule has 5 N–H and O–H groups in total. The first-order chi connectivity index (χ1) is 18.6. The Hall–Kier alpha value is -3.83. The molecule has 0 saturated carbocycles. The van der Waals surface area contributed by atoms with Crippen LogP contribution in [-0.2, 0) is 30.3 Å². The standard InChI is InChI=1S/C28H43N3O9/c1-7-8-9-14-29-23(32)21(16-18-10-12-19(13-11-18)39-22(25(34)35)26(36)37)30-24(33)20(15-17(2)3)31-27(38)40-28(4,5)6/h10-13,17,20-22H,7-9,14-16H2,1-6H3,(H,29,32)(H,30,33)(H,31,38)(H,34,35)(H,36,37)/t20-,21-/m0/s1. The van der Waals surface area contributed by atoms with Crippen molar-refractivity contribution in [2.75, 3.05) is 6.54 Å². The first-order valence-corrected chi connectivity index (χ1v) is 13.4. The van der Waals surface area contributed by atoms with Gasteiger partial charge in [0.15, 0.2) is 0 Å². The molecule has 3 amide bonds. The van der Waals surface area contributed by atoms with Crippen LogP contribution in [0.3, 0.4) is 0 Å². The highest BCUT2D eigenvalue weighted by atomic mass is 16.6. The van der Waals surface area contributed by atoms with Gasteiger partial charge in [-0.1, -0.05) is 45.7 Å². The van der Waals surface area contributed by atoms with E-state index in [0.29, 0.717) is 18.5 Å². The molecule has 2 atom stereocenters. The van der Waals surface area contributed by atoms with E-state index in [2.05, 4.69) is 16.0 Å². The van der Waals surface area contributed by atoms with Gasteiger partial charge in [0, 0.05) is 13.0 Å². The summed E-state index contributed by atoms with van der Waals surface area (Å²) in [7, 11) is 0. The fraction of sp³-hybridized carbons (Fsp3) is 0.607. The van der Waals surface area contributed by atoms with E-state index < -0.39 is 53.6 Å². The minimum absolute atomic E-state index is 0.0155. The van der Waals surface area contributed by atoms with E-state index in [1.54, 1.807) is 32.9 Å². The van der Waals surface area contributed by atoms with E-state index in [1.807, 2.05) is 20.8 Å². The molecular weight excluding hydrogens is 522 g/mol. The molecule has 0 bridgehead atoms. The lowest BCUT2D eigenvalue weighted by atomic mass is 10.0. The summed E-state index contributed by atoms with van der Waals surface area (Å²) < 4.78 is 10.3. The van der Waals surface area contributed by atoms with Gasteiger partial charge in [-0.2, -0.15) is 0 Å². The zero-order valence-corrected chi connectivity index (χ0v) is 24.1. The topological polar surface area (TPSA) is 180 Å². The van der Waals surface area contributed by atoms with Gasteiger partial charge in [0.05, 0.1) is 0 Å². The Labute approximate surface area is 235 Å². The first-order valence-electron chi connectivity index (χ1n) is 13.4. The van der Waals surface area contributed by atoms with Gasteiger partial charge in [0.2, 0.25) is 11.8 Å². The minimum Gasteiger partial charge on any atom is -0.478 e. The van der Waals surface area contributed by atoms with Gasteiger partial charge in [-0.05, 0) is 57.2 Å². The lowest BCUT2D eigenvalue weighted by Crippen LogP contribution is -2.55. The number of carbonyl (C=O) groups excluding carboxylic acids is 3. The number of alkyl carbamates (subject to hydrolysis) is 1. The van der Waals surface area contributed by atoms with Crippen LogP contribution < -0.4 is 20.7 Å². The van der Waals surface area contributed by atoms with Crippen molar-refractivity contribution >= 4 is 29.8 Å².